The van der Waals surface area contributed by atoms with E-state index in [2.05, 4.69) is 26.3 Å². The standard InChI is InChI=1S/C39H62N10O10/c1-20(2)17-24(34(55)45-22(5)33(41)54)19-30(51)27(12-13-31(52)53)46-37(58)32(21(3)4)49-16-14-28(38(49)59)47-36(57)29(18-23-8-10-25(50)11-9-23)48-35(56)26(40)7-6-15-44-39(42)43/h8-11,20-22,24,26-29,32,50H,6-7,12-19,40H2,1-5H3,(H2,41,54)(H,45,55)(H,46,58)(H,47,57)(H,48,56)(H,52,53)(H4,42,43,44)/t22-,24+,26-,27-,28-,29-,32-/m1/s1. The molecular weight excluding hydrogens is 768 g/mol. The summed E-state index contributed by atoms with van der Waals surface area (Å²) >= 11 is 0. The molecule has 328 valence electrons. The average Bonchev–Trinajstić information content (AvgIpc) is 3.49. The van der Waals surface area contributed by atoms with Gasteiger partial charge in [0.25, 0.3) is 0 Å². The van der Waals surface area contributed by atoms with Crippen LogP contribution in [0.2, 0.25) is 0 Å². The molecule has 0 radical (unpaired) electrons. The van der Waals surface area contributed by atoms with Gasteiger partial charge >= 0.3 is 5.97 Å². The number of carbonyl (C=O) groups excluding carboxylic acids is 7. The summed E-state index contributed by atoms with van der Waals surface area (Å²) in [6.07, 6.45) is -0.215. The fourth-order valence-corrected chi connectivity index (χ4v) is 6.67. The number of aliphatic carboxylic acids is 1. The summed E-state index contributed by atoms with van der Waals surface area (Å²) in [4.78, 5) is 110. The average molecular weight is 831 g/mol. The highest BCUT2D eigenvalue weighted by molar-refractivity contribution is 5.98. The van der Waals surface area contributed by atoms with E-state index in [1.165, 1.54) is 24.0 Å². The number of rotatable bonds is 25. The molecule has 1 fully saturated rings. The number of nitrogens with zero attached hydrogens (tertiary/aromatic N) is 2. The van der Waals surface area contributed by atoms with E-state index < -0.39 is 102 Å². The number of nitrogens with two attached hydrogens (primary N) is 4. The number of Topliss-reactive ketones (excluding diaryl/α,β-unsaturated/α-hetero) is 1. The van der Waals surface area contributed by atoms with Crippen LogP contribution < -0.4 is 44.2 Å². The molecule has 14 N–H and O–H groups in total. The summed E-state index contributed by atoms with van der Waals surface area (Å²) < 4.78 is 0. The van der Waals surface area contributed by atoms with Crippen molar-refractivity contribution >= 4 is 53.2 Å². The van der Waals surface area contributed by atoms with Gasteiger partial charge in [0, 0.05) is 38.3 Å². The number of guanidine groups is 1. The lowest BCUT2D eigenvalue weighted by molar-refractivity contribution is -0.142. The third-order valence-electron chi connectivity index (χ3n) is 9.82. The summed E-state index contributed by atoms with van der Waals surface area (Å²) in [5.74, 6) is -7.42. The number of amides is 6. The number of aromatic hydroxyl groups is 1. The Labute approximate surface area is 344 Å². The number of ketones is 1. The van der Waals surface area contributed by atoms with Crippen LogP contribution in [0.5, 0.6) is 5.75 Å². The van der Waals surface area contributed by atoms with E-state index >= 15 is 0 Å². The number of hydrogen-bond donors (Lipinski definition) is 10. The van der Waals surface area contributed by atoms with Crippen LogP contribution in [0.1, 0.15) is 85.1 Å². The van der Waals surface area contributed by atoms with E-state index in [1.807, 2.05) is 13.8 Å². The molecule has 20 nitrogen and oxygen atoms in total. The van der Waals surface area contributed by atoms with Crippen LogP contribution in [-0.2, 0) is 44.8 Å². The van der Waals surface area contributed by atoms with Crippen LogP contribution in [0.25, 0.3) is 0 Å². The molecule has 0 saturated carbocycles. The van der Waals surface area contributed by atoms with Crippen molar-refractivity contribution in [1.82, 2.24) is 26.2 Å². The van der Waals surface area contributed by atoms with Crippen LogP contribution >= 0.6 is 0 Å². The Morgan fingerprint density at radius 1 is 0.864 bits per heavy atom. The highest BCUT2D eigenvalue weighted by Crippen LogP contribution is 2.23. The summed E-state index contributed by atoms with van der Waals surface area (Å²) in [7, 11) is 0. The van der Waals surface area contributed by atoms with E-state index in [1.54, 1.807) is 26.0 Å². The molecule has 0 bridgehead atoms. The Kier molecular flexibility index (Phi) is 19.7. The highest BCUT2D eigenvalue weighted by Gasteiger charge is 2.42. The smallest absolute Gasteiger partial charge is 0.303 e. The minimum atomic E-state index is -1.33. The molecule has 1 aromatic rings. The Balaban J connectivity index is 2.26. The maximum Gasteiger partial charge on any atom is 0.303 e. The minimum Gasteiger partial charge on any atom is -0.508 e. The van der Waals surface area contributed by atoms with Crippen LogP contribution in [0, 0.1) is 17.8 Å². The van der Waals surface area contributed by atoms with Crippen molar-refractivity contribution in [2.75, 3.05) is 13.1 Å². The summed E-state index contributed by atoms with van der Waals surface area (Å²) in [6, 6.07) is -0.777. The second-order valence-corrected chi connectivity index (χ2v) is 15.7. The number of carboxylic acid groups (broad SMARTS) is 1. The number of nitrogens with one attached hydrogen (secondary N) is 4. The first-order valence-electron chi connectivity index (χ1n) is 19.8. The summed E-state index contributed by atoms with van der Waals surface area (Å²) in [5, 5.41) is 29.6. The molecule has 0 aromatic heterocycles. The Hall–Kier alpha value is -5.79. The molecule has 20 heteroatoms. The molecule has 1 heterocycles. The maximum absolute atomic E-state index is 14.0. The van der Waals surface area contributed by atoms with E-state index in [-0.39, 0.29) is 69.2 Å². The second-order valence-electron chi connectivity index (χ2n) is 15.7. The second kappa shape index (κ2) is 23.6. The molecule has 0 unspecified atom stereocenters. The number of phenolic OH excluding ortho intramolecular Hbond substituents is 1. The van der Waals surface area contributed by atoms with E-state index in [4.69, 9.17) is 22.9 Å². The molecule has 2 rings (SSSR count). The number of carbonyl (C=O) groups is 8. The quantitative estimate of drug-likeness (QED) is 0.0305. The van der Waals surface area contributed by atoms with Gasteiger partial charge in [-0.25, -0.2) is 0 Å². The predicted octanol–water partition coefficient (Wildman–Crippen LogP) is -1.50. The topological polar surface area (TPSA) is 345 Å². The van der Waals surface area contributed by atoms with Gasteiger partial charge in [-0.15, -0.1) is 0 Å². The fourth-order valence-electron chi connectivity index (χ4n) is 6.67. The van der Waals surface area contributed by atoms with Gasteiger partial charge in [0.2, 0.25) is 35.4 Å². The van der Waals surface area contributed by atoms with Gasteiger partial charge in [-0.3, -0.25) is 43.3 Å². The zero-order chi connectivity index (χ0) is 44.6. The number of carboxylic acids is 1. The van der Waals surface area contributed by atoms with Crippen molar-refractivity contribution in [3.05, 3.63) is 29.8 Å². The Bertz CT molecular complexity index is 1680. The van der Waals surface area contributed by atoms with E-state index in [0.29, 0.717) is 12.0 Å². The molecule has 1 aromatic carbocycles. The van der Waals surface area contributed by atoms with Gasteiger partial charge in [-0.05, 0) is 68.6 Å². The van der Waals surface area contributed by atoms with Gasteiger partial charge < -0.3 is 59.3 Å². The Morgan fingerprint density at radius 3 is 2.05 bits per heavy atom. The Morgan fingerprint density at radius 2 is 1.49 bits per heavy atom. The molecule has 0 aliphatic carbocycles. The van der Waals surface area contributed by atoms with Gasteiger partial charge in [0.15, 0.2) is 11.7 Å². The minimum absolute atomic E-state index is 0.00556. The molecular formula is C39H62N10O10. The number of primary amides is 1. The lowest BCUT2D eigenvalue weighted by atomic mass is 9.88. The summed E-state index contributed by atoms with van der Waals surface area (Å²) in [6.45, 7) is 8.73. The van der Waals surface area contributed by atoms with Crippen LogP contribution in [0.15, 0.2) is 29.3 Å². The lowest BCUT2D eigenvalue weighted by Crippen LogP contribution is -2.57. The largest absolute Gasteiger partial charge is 0.508 e. The SMILES string of the molecule is CC(C)C[C@@H](CC(=O)[C@@H](CCC(=O)O)NC(=O)[C@@H](C(C)C)N1CC[C@@H](NC(=O)[C@@H](Cc2ccc(O)cc2)NC(=O)[C@H](N)CCCN=C(N)N)C1=O)C(=O)N[C@H](C)C(N)=O. The van der Waals surface area contributed by atoms with Crippen LogP contribution in [-0.4, -0.2) is 118 Å². The summed E-state index contributed by atoms with van der Waals surface area (Å²) in [5.41, 5.74) is 22.7. The van der Waals surface area contributed by atoms with Crippen molar-refractivity contribution in [1.29, 1.82) is 0 Å². The first-order valence-corrected chi connectivity index (χ1v) is 19.8. The molecule has 1 saturated heterocycles. The number of aliphatic imine (C=N–C) groups is 1. The predicted molar refractivity (Wildman–Crippen MR) is 217 cm³/mol. The molecule has 7 atom stereocenters. The molecule has 0 spiro atoms. The third-order valence-corrected chi connectivity index (χ3v) is 9.82. The number of likely N-dealkylation sites (tertiary alicyclic amines) is 1. The first kappa shape index (κ1) is 49.4. The van der Waals surface area contributed by atoms with Crippen LogP contribution in [0.4, 0.5) is 0 Å². The number of benzene rings is 1. The van der Waals surface area contributed by atoms with Gasteiger partial charge in [-0.1, -0.05) is 39.8 Å². The molecule has 6 amide bonds. The van der Waals surface area contributed by atoms with Crippen molar-refractivity contribution in [3.8, 4) is 5.75 Å². The molecule has 1 aliphatic heterocycles. The third kappa shape index (κ3) is 16.5. The fraction of sp³-hybridized carbons (Fsp3) is 0.615. The van der Waals surface area contributed by atoms with E-state index in [0.717, 1.165) is 0 Å². The van der Waals surface area contributed by atoms with Crippen molar-refractivity contribution in [2.45, 2.75) is 122 Å². The lowest BCUT2D eigenvalue weighted by Gasteiger charge is -2.32. The monoisotopic (exact) mass is 830 g/mol. The first-order chi connectivity index (χ1) is 27.6. The molecule has 1 aliphatic rings. The van der Waals surface area contributed by atoms with Crippen molar-refractivity contribution in [3.63, 3.8) is 0 Å². The normalized spacial score (nSPS) is 16.9. The van der Waals surface area contributed by atoms with Gasteiger partial charge in [-0.2, -0.15) is 0 Å². The zero-order valence-corrected chi connectivity index (χ0v) is 34.4. The van der Waals surface area contributed by atoms with Crippen molar-refractivity contribution in [2.24, 2.45) is 45.7 Å². The zero-order valence-electron chi connectivity index (χ0n) is 34.4. The number of phenols is 1. The molecule has 59 heavy (non-hydrogen) atoms. The van der Waals surface area contributed by atoms with Crippen LogP contribution in [0.3, 0.4) is 0 Å². The van der Waals surface area contributed by atoms with Gasteiger partial charge in [0.1, 0.15) is 29.9 Å². The van der Waals surface area contributed by atoms with E-state index in [9.17, 15) is 48.6 Å². The number of hydrogen-bond acceptors (Lipinski definition) is 11. The van der Waals surface area contributed by atoms with Crippen molar-refractivity contribution < 1.29 is 48.6 Å². The maximum atomic E-state index is 14.0. The van der Waals surface area contributed by atoms with Gasteiger partial charge in [0.05, 0.1) is 12.1 Å². The highest BCUT2D eigenvalue weighted by atomic mass is 16.4.